The zero-order valence-electron chi connectivity index (χ0n) is 11.2. The minimum absolute atomic E-state index is 0.105. The van der Waals surface area contributed by atoms with Crippen molar-refractivity contribution in [3.8, 4) is 0 Å². The smallest absolute Gasteiger partial charge is 0.215 e. The van der Waals surface area contributed by atoms with E-state index in [1.165, 1.54) is 0 Å². The van der Waals surface area contributed by atoms with Crippen LogP contribution in [0, 0.1) is 5.41 Å². The van der Waals surface area contributed by atoms with Gasteiger partial charge in [-0.25, -0.2) is 13.1 Å². The van der Waals surface area contributed by atoms with Gasteiger partial charge in [-0.1, -0.05) is 20.8 Å². The summed E-state index contributed by atoms with van der Waals surface area (Å²) >= 11 is 0. The topological polar surface area (TPSA) is 72.2 Å². The lowest BCUT2D eigenvalue weighted by atomic mass is 9.76. The SMILES string of the molecule is CCC(CN)S(=O)(=O)NC1CCC(C)(C)CC1. The molecule has 0 spiro atoms. The van der Waals surface area contributed by atoms with E-state index in [-0.39, 0.29) is 12.6 Å². The Bertz CT molecular complexity index is 324. The fourth-order valence-corrected chi connectivity index (χ4v) is 3.94. The van der Waals surface area contributed by atoms with Gasteiger partial charge >= 0.3 is 0 Å². The maximum Gasteiger partial charge on any atom is 0.215 e. The molecule has 0 aromatic heterocycles. The minimum atomic E-state index is -3.23. The number of hydrogen-bond acceptors (Lipinski definition) is 3. The predicted octanol–water partition coefficient (Wildman–Crippen LogP) is 1.61. The number of nitrogens with two attached hydrogens (primary N) is 1. The summed E-state index contributed by atoms with van der Waals surface area (Å²) in [5, 5.41) is -0.447. The maximum absolute atomic E-state index is 12.0. The summed E-state index contributed by atoms with van der Waals surface area (Å²) < 4.78 is 26.9. The van der Waals surface area contributed by atoms with Gasteiger partial charge in [0.2, 0.25) is 10.0 Å². The number of sulfonamides is 1. The molecule has 0 aromatic rings. The molecule has 1 atom stereocenters. The Labute approximate surface area is 105 Å². The van der Waals surface area contributed by atoms with Gasteiger partial charge < -0.3 is 5.73 Å². The normalized spacial score (nSPS) is 23.5. The van der Waals surface area contributed by atoms with E-state index in [2.05, 4.69) is 18.6 Å². The summed E-state index contributed by atoms with van der Waals surface area (Å²) in [6.45, 7) is 6.55. The van der Waals surface area contributed by atoms with Crippen LogP contribution in [0.15, 0.2) is 0 Å². The first-order chi connectivity index (χ1) is 7.80. The zero-order chi connectivity index (χ0) is 13.1. The largest absolute Gasteiger partial charge is 0.329 e. The Kier molecular flexibility index (Phi) is 4.98. The lowest BCUT2D eigenvalue weighted by Gasteiger charge is -2.35. The van der Waals surface area contributed by atoms with Crippen molar-refractivity contribution >= 4 is 10.0 Å². The second kappa shape index (κ2) is 5.67. The van der Waals surface area contributed by atoms with Crippen molar-refractivity contribution in [3.05, 3.63) is 0 Å². The third-order valence-electron chi connectivity index (χ3n) is 3.83. The van der Waals surface area contributed by atoms with Gasteiger partial charge in [-0.05, 0) is 37.5 Å². The lowest BCUT2D eigenvalue weighted by Crippen LogP contribution is -2.45. The summed E-state index contributed by atoms with van der Waals surface area (Å²) in [4.78, 5) is 0. The molecule has 0 aliphatic heterocycles. The van der Waals surface area contributed by atoms with Gasteiger partial charge in [-0.15, -0.1) is 0 Å². The molecule has 0 bridgehead atoms. The first-order valence-corrected chi connectivity index (χ1v) is 8.06. The van der Waals surface area contributed by atoms with Crippen molar-refractivity contribution < 1.29 is 8.42 Å². The minimum Gasteiger partial charge on any atom is -0.329 e. The third kappa shape index (κ3) is 4.23. The fraction of sp³-hybridized carbons (Fsp3) is 1.00. The Hall–Kier alpha value is -0.130. The molecule has 1 aliphatic carbocycles. The van der Waals surface area contributed by atoms with E-state index in [0.717, 1.165) is 25.7 Å². The Morgan fingerprint density at radius 2 is 1.88 bits per heavy atom. The Morgan fingerprint density at radius 3 is 2.29 bits per heavy atom. The molecule has 102 valence electrons. The van der Waals surface area contributed by atoms with Crippen LogP contribution in [-0.2, 0) is 10.0 Å². The average molecular weight is 262 g/mol. The van der Waals surface area contributed by atoms with Crippen LogP contribution in [0.1, 0.15) is 52.9 Å². The van der Waals surface area contributed by atoms with Crippen molar-refractivity contribution in [3.63, 3.8) is 0 Å². The van der Waals surface area contributed by atoms with E-state index in [1.807, 2.05) is 6.92 Å². The molecule has 1 rings (SSSR count). The van der Waals surface area contributed by atoms with Gasteiger partial charge in [0.05, 0.1) is 5.25 Å². The van der Waals surface area contributed by atoms with Crippen molar-refractivity contribution in [2.75, 3.05) is 6.54 Å². The van der Waals surface area contributed by atoms with Gasteiger partial charge in [0.15, 0.2) is 0 Å². The summed E-state index contributed by atoms with van der Waals surface area (Å²) in [7, 11) is -3.23. The van der Waals surface area contributed by atoms with Crippen LogP contribution in [0.5, 0.6) is 0 Å². The average Bonchev–Trinajstić information content (AvgIpc) is 2.22. The van der Waals surface area contributed by atoms with Gasteiger partial charge in [-0.2, -0.15) is 0 Å². The van der Waals surface area contributed by atoms with Crippen molar-refractivity contribution in [1.29, 1.82) is 0 Å². The maximum atomic E-state index is 12.0. The molecule has 3 N–H and O–H groups in total. The monoisotopic (exact) mass is 262 g/mol. The lowest BCUT2D eigenvalue weighted by molar-refractivity contribution is 0.218. The highest BCUT2D eigenvalue weighted by Gasteiger charge is 2.31. The van der Waals surface area contributed by atoms with Gasteiger partial charge in [0.25, 0.3) is 0 Å². The highest BCUT2D eigenvalue weighted by molar-refractivity contribution is 7.90. The van der Waals surface area contributed by atoms with E-state index in [4.69, 9.17) is 5.73 Å². The van der Waals surface area contributed by atoms with E-state index in [1.54, 1.807) is 0 Å². The molecule has 0 radical (unpaired) electrons. The zero-order valence-corrected chi connectivity index (χ0v) is 12.0. The number of hydrogen-bond donors (Lipinski definition) is 2. The third-order valence-corrected chi connectivity index (χ3v) is 5.89. The molecule has 0 amide bonds. The molecule has 1 aliphatic rings. The Balaban J connectivity index is 2.55. The standard InChI is InChI=1S/C12H26N2O2S/c1-4-11(9-13)17(15,16)14-10-5-7-12(2,3)8-6-10/h10-11,14H,4-9,13H2,1-3H3. The number of nitrogens with one attached hydrogen (secondary N) is 1. The molecule has 17 heavy (non-hydrogen) atoms. The fourth-order valence-electron chi connectivity index (χ4n) is 2.36. The second-order valence-electron chi connectivity index (χ2n) is 5.87. The molecule has 0 heterocycles. The first kappa shape index (κ1) is 14.9. The van der Waals surface area contributed by atoms with Gasteiger partial charge in [0.1, 0.15) is 0 Å². The van der Waals surface area contributed by atoms with E-state index >= 15 is 0 Å². The highest BCUT2D eigenvalue weighted by Crippen LogP contribution is 2.35. The van der Waals surface area contributed by atoms with Crippen molar-refractivity contribution in [2.24, 2.45) is 11.1 Å². The Morgan fingerprint density at radius 1 is 1.35 bits per heavy atom. The van der Waals surface area contributed by atoms with Gasteiger partial charge in [0, 0.05) is 12.6 Å². The molecule has 4 nitrogen and oxygen atoms in total. The molecule has 0 aromatic carbocycles. The summed E-state index contributed by atoms with van der Waals surface area (Å²) in [5.74, 6) is 0. The van der Waals surface area contributed by atoms with Crippen LogP contribution in [0.2, 0.25) is 0 Å². The van der Waals surface area contributed by atoms with Crippen LogP contribution < -0.4 is 10.5 Å². The van der Waals surface area contributed by atoms with Crippen LogP contribution in [0.4, 0.5) is 0 Å². The molecule has 1 saturated carbocycles. The molecule has 1 unspecified atom stereocenters. The van der Waals surface area contributed by atoms with Crippen molar-refractivity contribution in [2.45, 2.75) is 64.2 Å². The molecular formula is C12H26N2O2S. The van der Waals surface area contributed by atoms with Crippen molar-refractivity contribution in [1.82, 2.24) is 4.72 Å². The second-order valence-corrected chi connectivity index (χ2v) is 7.86. The van der Waals surface area contributed by atoms with Gasteiger partial charge in [-0.3, -0.25) is 0 Å². The van der Waals surface area contributed by atoms with Crippen LogP contribution in [0.25, 0.3) is 0 Å². The highest BCUT2D eigenvalue weighted by atomic mass is 32.2. The van der Waals surface area contributed by atoms with E-state index in [0.29, 0.717) is 11.8 Å². The first-order valence-electron chi connectivity index (χ1n) is 6.52. The molecule has 0 saturated heterocycles. The summed E-state index contributed by atoms with van der Waals surface area (Å²) in [6.07, 6.45) is 4.61. The summed E-state index contributed by atoms with van der Waals surface area (Å²) in [5.41, 5.74) is 5.86. The van der Waals surface area contributed by atoms with Crippen LogP contribution in [0.3, 0.4) is 0 Å². The molecular weight excluding hydrogens is 236 g/mol. The molecule has 5 heteroatoms. The molecule has 1 fully saturated rings. The predicted molar refractivity (Wildman–Crippen MR) is 71.2 cm³/mol. The van der Waals surface area contributed by atoms with Crippen LogP contribution in [-0.4, -0.2) is 26.3 Å². The van der Waals surface area contributed by atoms with Crippen LogP contribution >= 0.6 is 0 Å². The summed E-state index contributed by atoms with van der Waals surface area (Å²) in [6, 6.07) is 0.105. The van der Waals surface area contributed by atoms with E-state index in [9.17, 15) is 8.42 Å². The number of rotatable bonds is 5. The quantitative estimate of drug-likeness (QED) is 0.790. The van der Waals surface area contributed by atoms with E-state index < -0.39 is 15.3 Å².